The first-order valence-corrected chi connectivity index (χ1v) is 7.01. The molecule has 2 heteroatoms. The molecule has 2 nitrogen and oxygen atoms in total. The van der Waals surface area contributed by atoms with Gasteiger partial charge in [0, 0.05) is 24.6 Å². The van der Waals surface area contributed by atoms with Crippen molar-refractivity contribution < 1.29 is 4.79 Å². The molecule has 0 amide bonds. The molecular formula is C16H23NO. The summed E-state index contributed by atoms with van der Waals surface area (Å²) in [7, 11) is 0. The van der Waals surface area contributed by atoms with Gasteiger partial charge in [0.25, 0.3) is 0 Å². The summed E-state index contributed by atoms with van der Waals surface area (Å²) in [5.74, 6) is 0.275. The van der Waals surface area contributed by atoms with Crippen LogP contribution in [0.25, 0.3) is 0 Å². The Bertz CT molecular complexity index is 413. The fourth-order valence-electron chi connectivity index (χ4n) is 2.70. The van der Waals surface area contributed by atoms with Gasteiger partial charge in [-0.2, -0.15) is 0 Å². The fraction of sp³-hybridized carbons (Fsp3) is 0.562. The lowest BCUT2D eigenvalue weighted by Crippen LogP contribution is -2.38. The van der Waals surface area contributed by atoms with Crippen LogP contribution in [-0.4, -0.2) is 29.8 Å². The molecule has 0 aromatic heterocycles. The van der Waals surface area contributed by atoms with Crippen molar-refractivity contribution in [2.45, 2.75) is 45.6 Å². The topological polar surface area (TPSA) is 20.3 Å². The first-order chi connectivity index (χ1) is 8.66. The third kappa shape index (κ3) is 3.42. The van der Waals surface area contributed by atoms with Crippen LogP contribution in [0.3, 0.4) is 0 Å². The van der Waals surface area contributed by atoms with E-state index >= 15 is 0 Å². The number of rotatable bonds is 4. The molecule has 1 heterocycles. The minimum absolute atomic E-state index is 0.275. The van der Waals surface area contributed by atoms with Gasteiger partial charge >= 0.3 is 0 Å². The van der Waals surface area contributed by atoms with Crippen molar-refractivity contribution in [2.24, 2.45) is 0 Å². The Morgan fingerprint density at radius 1 is 1.39 bits per heavy atom. The second kappa shape index (κ2) is 6.14. The van der Waals surface area contributed by atoms with Gasteiger partial charge in [0.1, 0.15) is 0 Å². The van der Waals surface area contributed by atoms with Crippen molar-refractivity contribution >= 4 is 5.78 Å². The monoisotopic (exact) mass is 245 g/mol. The van der Waals surface area contributed by atoms with Crippen LogP contribution in [0.1, 0.15) is 48.5 Å². The van der Waals surface area contributed by atoms with E-state index in [1.54, 1.807) is 0 Å². The van der Waals surface area contributed by atoms with Crippen LogP contribution in [0, 0.1) is 6.92 Å². The van der Waals surface area contributed by atoms with E-state index in [4.69, 9.17) is 0 Å². The number of benzene rings is 1. The van der Waals surface area contributed by atoms with Gasteiger partial charge in [0.15, 0.2) is 5.78 Å². The minimum atomic E-state index is 0.275. The first kappa shape index (κ1) is 13.3. The second-order valence-corrected chi connectivity index (χ2v) is 5.42. The van der Waals surface area contributed by atoms with Gasteiger partial charge in [-0.15, -0.1) is 0 Å². The van der Waals surface area contributed by atoms with E-state index in [1.165, 1.54) is 19.3 Å². The molecule has 0 radical (unpaired) electrons. The Balaban J connectivity index is 1.88. The first-order valence-electron chi connectivity index (χ1n) is 7.01. The van der Waals surface area contributed by atoms with Gasteiger partial charge in [-0.05, 0) is 39.3 Å². The quantitative estimate of drug-likeness (QED) is 0.757. The third-order valence-electron chi connectivity index (χ3n) is 3.91. The van der Waals surface area contributed by atoms with Gasteiger partial charge in [-0.3, -0.25) is 4.79 Å². The normalized spacial score (nSPS) is 20.9. The van der Waals surface area contributed by atoms with Crippen molar-refractivity contribution in [1.82, 2.24) is 4.90 Å². The Morgan fingerprint density at radius 2 is 2.22 bits per heavy atom. The summed E-state index contributed by atoms with van der Waals surface area (Å²) in [6, 6.07) is 8.55. The molecule has 0 saturated carbocycles. The fourth-order valence-corrected chi connectivity index (χ4v) is 2.70. The summed E-state index contributed by atoms with van der Waals surface area (Å²) in [4.78, 5) is 14.6. The van der Waals surface area contributed by atoms with Crippen LogP contribution in [0.15, 0.2) is 24.3 Å². The van der Waals surface area contributed by atoms with Crippen LogP contribution < -0.4 is 0 Å². The molecular weight excluding hydrogens is 222 g/mol. The number of hydrogen-bond donors (Lipinski definition) is 0. The molecule has 18 heavy (non-hydrogen) atoms. The molecule has 0 aliphatic carbocycles. The number of hydrogen-bond acceptors (Lipinski definition) is 2. The minimum Gasteiger partial charge on any atom is -0.300 e. The molecule has 98 valence electrons. The highest BCUT2D eigenvalue weighted by atomic mass is 16.1. The van der Waals surface area contributed by atoms with Crippen LogP contribution in [0.5, 0.6) is 0 Å². The maximum atomic E-state index is 12.1. The lowest BCUT2D eigenvalue weighted by Gasteiger charge is -2.33. The zero-order valence-electron chi connectivity index (χ0n) is 11.5. The summed E-state index contributed by atoms with van der Waals surface area (Å²) in [6.45, 7) is 6.37. The Morgan fingerprint density at radius 3 is 2.94 bits per heavy atom. The van der Waals surface area contributed by atoms with Gasteiger partial charge in [0.05, 0.1) is 0 Å². The summed E-state index contributed by atoms with van der Waals surface area (Å²) in [6.07, 6.45) is 4.54. The van der Waals surface area contributed by atoms with Crippen molar-refractivity contribution in [3.63, 3.8) is 0 Å². The number of carbonyl (C=O) groups is 1. The maximum Gasteiger partial charge on any atom is 0.164 e. The summed E-state index contributed by atoms with van der Waals surface area (Å²) < 4.78 is 0. The number of ketones is 1. The van der Waals surface area contributed by atoms with Gasteiger partial charge in [0.2, 0.25) is 0 Å². The number of piperidine rings is 1. The lowest BCUT2D eigenvalue weighted by atomic mass is 10.0. The number of carbonyl (C=O) groups excluding carboxylic acids is 1. The second-order valence-electron chi connectivity index (χ2n) is 5.42. The highest BCUT2D eigenvalue weighted by molar-refractivity contribution is 5.96. The summed E-state index contributed by atoms with van der Waals surface area (Å²) >= 11 is 0. The van der Waals surface area contributed by atoms with Crippen LogP contribution >= 0.6 is 0 Å². The molecule has 1 aromatic carbocycles. The highest BCUT2D eigenvalue weighted by Gasteiger charge is 2.18. The van der Waals surface area contributed by atoms with Crippen LogP contribution in [-0.2, 0) is 0 Å². The number of aryl methyl sites for hydroxylation is 1. The molecule has 2 rings (SSSR count). The van der Waals surface area contributed by atoms with E-state index in [9.17, 15) is 4.79 Å². The third-order valence-corrected chi connectivity index (χ3v) is 3.91. The van der Waals surface area contributed by atoms with Crippen molar-refractivity contribution in [3.05, 3.63) is 35.4 Å². The average Bonchev–Trinajstić information content (AvgIpc) is 2.37. The van der Waals surface area contributed by atoms with Gasteiger partial charge in [-0.25, -0.2) is 0 Å². The Hall–Kier alpha value is -1.15. The van der Waals surface area contributed by atoms with Crippen LogP contribution in [0.4, 0.5) is 0 Å². The Kier molecular flexibility index (Phi) is 4.54. The zero-order valence-corrected chi connectivity index (χ0v) is 11.5. The molecule has 1 saturated heterocycles. The van der Waals surface area contributed by atoms with E-state index in [0.29, 0.717) is 12.5 Å². The SMILES string of the molecule is Cc1cccc(C(=O)CCN2CCCCC2C)c1. The number of nitrogens with zero attached hydrogens (tertiary/aromatic N) is 1. The molecule has 0 bridgehead atoms. The van der Waals surface area contributed by atoms with E-state index < -0.39 is 0 Å². The smallest absolute Gasteiger partial charge is 0.164 e. The molecule has 1 atom stereocenters. The maximum absolute atomic E-state index is 12.1. The molecule has 1 unspecified atom stereocenters. The van der Waals surface area contributed by atoms with Crippen LogP contribution in [0.2, 0.25) is 0 Å². The predicted molar refractivity (Wildman–Crippen MR) is 75.0 cm³/mol. The van der Waals surface area contributed by atoms with Gasteiger partial charge in [-0.1, -0.05) is 30.2 Å². The zero-order chi connectivity index (χ0) is 13.0. The van der Waals surface area contributed by atoms with Crippen molar-refractivity contribution in [1.29, 1.82) is 0 Å². The van der Waals surface area contributed by atoms with Crippen molar-refractivity contribution in [3.8, 4) is 0 Å². The van der Waals surface area contributed by atoms with E-state index in [1.807, 2.05) is 31.2 Å². The van der Waals surface area contributed by atoms with E-state index in [0.717, 1.165) is 24.2 Å². The average molecular weight is 245 g/mol. The van der Waals surface area contributed by atoms with Gasteiger partial charge < -0.3 is 4.90 Å². The van der Waals surface area contributed by atoms with E-state index in [2.05, 4.69) is 11.8 Å². The standard InChI is InChI=1S/C16H23NO/c1-13-6-5-8-15(12-13)16(18)9-11-17-10-4-3-7-14(17)2/h5-6,8,12,14H,3-4,7,9-11H2,1-2H3. The Labute approximate surface area is 110 Å². The molecule has 0 spiro atoms. The van der Waals surface area contributed by atoms with Crippen molar-refractivity contribution in [2.75, 3.05) is 13.1 Å². The predicted octanol–water partition coefficient (Wildman–Crippen LogP) is 3.44. The summed E-state index contributed by atoms with van der Waals surface area (Å²) in [5.41, 5.74) is 2.02. The molecule has 1 aliphatic heterocycles. The number of Topliss-reactive ketones (excluding diaryl/α,β-unsaturated/α-hetero) is 1. The van der Waals surface area contributed by atoms with E-state index in [-0.39, 0.29) is 5.78 Å². The summed E-state index contributed by atoms with van der Waals surface area (Å²) in [5, 5.41) is 0. The molecule has 0 N–H and O–H groups in total. The molecule has 1 aromatic rings. The largest absolute Gasteiger partial charge is 0.300 e. The molecule has 1 fully saturated rings. The lowest BCUT2D eigenvalue weighted by molar-refractivity contribution is 0.0935. The number of likely N-dealkylation sites (tertiary alicyclic amines) is 1. The molecule has 1 aliphatic rings. The highest BCUT2D eigenvalue weighted by Crippen LogP contribution is 2.17.